The molecule has 3 fully saturated rings. The molecule has 1 amide bonds. The summed E-state index contributed by atoms with van der Waals surface area (Å²) in [6, 6.07) is 9.08. The van der Waals surface area contributed by atoms with Crippen molar-refractivity contribution >= 4 is 11.6 Å². The number of nitrogens with zero attached hydrogens (tertiary/aromatic N) is 3. The van der Waals surface area contributed by atoms with Gasteiger partial charge in [-0.1, -0.05) is 18.2 Å². The van der Waals surface area contributed by atoms with Crippen LogP contribution in [0.5, 0.6) is 0 Å². The maximum Gasteiger partial charge on any atom is 0.227 e. The third-order valence-electron chi connectivity index (χ3n) is 5.65. The SMILES string of the molecule is O=C(Cc1ccccc1N1CCCC1)N1CC(N2CCCC2)C1. The molecule has 0 N–H and O–H groups in total. The molecule has 3 aliphatic rings. The number of para-hydroxylation sites is 1. The highest BCUT2D eigenvalue weighted by molar-refractivity contribution is 5.81. The number of likely N-dealkylation sites (tertiary alicyclic amines) is 2. The van der Waals surface area contributed by atoms with Crippen LogP contribution < -0.4 is 4.90 Å². The number of amides is 1. The number of hydrogen-bond donors (Lipinski definition) is 0. The second kappa shape index (κ2) is 6.52. The van der Waals surface area contributed by atoms with Crippen molar-refractivity contribution in [3.8, 4) is 0 Å². The normalized spacial score (nSPS) is 22.6. The summed E-state index contributed by atoms with van der Waals surface area (Å²) in [5.74, 6) is 0.298. The third-order valence-corrected chi connectivity index (χ3v) is 5.65. The summed E-state index contributed by atoms with van der Waals surface area (Å²) in [7, 11) is 0. The van der Waals surface area contributed by atoms with Crippen LogP contribution in [0.4, 0.5) is 5.69 Å². The number of hydrogen-bond acceptors (Lipinski definition) is 3. The first-order valence-electron chi connectivity index (χ1n) is 9.16. The van der Waals surface area contributed by atoms with Gasteiger partial charge in [0.05, 0.1) is 6.42 Å². The van der Waals surface area contributed by atoms with E-state index in [0.717, 1.165) is 26.2 Å². The number of anilines is 1. The molecule has 0 aromatic heterocycles. The molecule has 0 spiro atoms. The highest BCUT2D eigenvalue weighted by Crippen LogP contribution is 2.26. The summed E-state index contributed by atoms with van der Waals surface area (Å²) in [5, 5.41) is 0. The average molecular weight is 313 g/mol. The minimum Gasteiger partial charge on any atom is -0.371 e. The monoisotopic (exact) mass is 313 g/mol. The van der Waals surface area contributed by atoms with Gasteiger partial charge in [-0.05, 0) is 50.4 Å². The van der Waals surface area contributed by atoms with E-state index >= 15 is 0 Å². The van der Waals surface area contributed by atoms with E-state index < -0.39 is 0 Å². The molecule has 0 radical (unpaired) electrons. The Morgan fingerprint density at radius 2 is 1.61 bits per heavy atom. The predicted octanol–water partition coefficient (Wildman–Crippen LogP) is 2.14. The first-order valence-corrected chi connectivity index (χ1v) is 9.16. The first-order chi connectivity index (χ1) is 11.3. The summed E-state index contributed by atoms with van der Waals surface area (Å²) in [4.78, 5) is 19.7. The van der Waals surface area contributed by atoms with Crippen LogP contribution in [0.2, 0.25) is 0 Å². The zero-order valence-corrected chi connectivity index (χ0v) is 13.9. The van der Waals surface area contributed by atoms with E-state index in [1.807, 2.05) is 4.90 Å². The minimum absolute atomic E-state index is 0.298. The average Bonchev–Trinajstić information content (AvgIpc) is 3.20. The Morgan fingerprint density at radius 1 is 0.957 bits per heavy atom. The maximum absolute atomic E-state index is 12.6. The zero-order valence-electron chi connectivity index (χ0n) is 13.9. The fourth-order valence-electron chi connectivity index (χ4n) is 4.20. The summed E-state index contributed by atoms with van der Waals surface area (Å²) < 4.78 is 0. The minimum atomic E-state index is 0.298. The molecule has 4 nitrogen and oxygen atoms in total. The van der Waals surface area contributed by atoms with Gasteiger partial charge in [-0.25, -0.2) is 0 Å². The van der Waals surface area contributed by atoms with E-state index in [2.05, 4.69) is 34.1 Å². The lowest BCUT2D eigenvalue weighted by Crippen LogP contribution is -2.60. The van der Waals surface area contributed by atoms with E-state index in [0.29, 0.717) is 18.4 Å². The van der Waals surface area contributed by atoms with Crippen LogP contribution in [0.1, 0.15) is 31.2 Å². The molecule has 1 aromatic carbocycles. The van der Waals surface area contributed by atoms with Crippen molar-refractivity contribution in [2.24, 2.45) is 0 Å². The highest BCUT2D eigenvalue weighted by atomic mass is 16.2. The van der Waals surface area contributed by atoms with Crippen LogP contribution in [0, 0.1) is 0 Å². The van der Waals surface area contributed by atoms with E-state index in [1.54, 1.807) is 0 Å². The van der Waals surface area contributed by atoms with Crippen LogP contribution in [-0.4, -0.2) is 61.0 Å². The summed E-state index contributed by atoms with van der Waals surface area (Å²) in [5.41, 5.74) is 2.47. The molecule has 0 aliphatic carbocycles. The van der Waals surface area contributed by atoms with Crippen molar-refractivity contribution in [2.75, 3.05) is 44.2 Å². The molecular formula is C19H27N3O. The van der Waals surface area contributed by atoms with Crippen molar-refractivity contribution < 1.29 is 4.79 Å². The standard InChI is InChI=1S/C19H27N3O/c23-19(22-14-17(15-22)20-9-3-4-10-20)13-16-7-1-2-8-18(16)21-11-5-6-12-21/h1-2,7-8,17H,3-6,9-15H2. The molecule has 4 rings (SSSR count). The molecular weight excluding hydrogens is 286 g/mol. The summed E-state index contributed by atoms with van der Waals surface area (Å²) in [6.45, 7) is 6.59. The van der Waals surface area contributed by atoms with Crippen LogP contribution in [0.25, 0.3) is 0 Å². The predicted molar refractivity (Wildman–Crippen MR) is 92.8 cm³/mol. The Hall–Kier alpha value is -1.55. The second-order valence-electron chi connectivity index (χ2n) is 7.20. The molecule has 4 heteroatoms. The molecule has 0 bridgehead atoms. The molecule has 0 unspecified atom stereocenters. The van der Waals surface area contributed by atoms with E-state index in [4.69, 9.17) is 0 Å². The lowest BCUT2D eigenvalue weighted by atomic mass is 10.0. The van der Waals surface area contributed by atoms with Gasteiger partial charge >= 0.3 is 0 Å². The number of rotatable bonds is 4. The van der Waals surface area contributed by atoms with Gasteiger partial charge in [0.1, 0.15) is 0 Å². The Balaban J connectivity index is 1.36. The third kappa shape index (κ3) is 3.09. The van der Waals surface area contributed by atoms with Crippen molar-refractivity contribution in [1.29, 1.82) is 0 Å². The summed E-state index contributed by atoms with van der Waals surface area (Å²) in [6.07, 6.45) is 5.75. The highest BCUT2D eigenvalue weighted by Gasteiger charge is 2.35. The number of benzene rings is 1. The number of carbonyl (C=O) groups is 1. The van der Waals surface area contributed by atoms with E-state index in [-0.39, 0.29) is 0 Å². The van der Waals surface area contributed by atoms with Crippen molar-refractivity contribution in [3.63, 3.8) is 0 Å². The fraction of sp³-hybridized carbons (Fsp3) is 0.632. The van der Waals surface area contributed by atoms with Gasteiger partial charge in [0.25, 0.3) is 0 Å². The van der Waals surface area contributed by atoms with Crippen LogP contribution in [0.3, 0.4) is 0 Å². The molecule has 124 valence electrons. The van der Waals surface area contributed by atoms with Gasteiger partial charge in [0.2, 0.25) is 5.91 Å². The molecule has 1 aromatic rings. The fourth-order valence-corrected chi connectivity index (χ4v) is 4.20. The van der Waals surface area contributed by atoms with Gasteiger partial charge in [-0.2, -0.15) is 0 Å². The lowest BCUT2D eigenvalue weighted by molar-refractivity contribution is -0.137. The second-order valence-corrected chi connectivity index (χ2v) is 7.20. The number of carbonyl (C=O) groups excluding carboxylic acids is 1. The van der Waals surface area contributed by atoms with Crippen molar-refractivity contribution in [3.05, 3.63) is 29.8 Å². The van der Waals surface area contributed by atoms with Crippen LogP contribution in [-0.2, 0) is 11.2 Å². The van der Waals surface area contributed by atoms with Gasteiger partial charge in [0, 0.05) is 37.9 Å². The maximum atomic E-state index is 12.6. The smallest absolute Gasteiger partial charge is 0.227 e. The van der Waals surface area contributed by atoms with Gasteiger partial charge in [-0.15, -0.1) is 0 Å². The zero-order chi connectivity index (χ0) is 15.6. The Labute approximate surface area is 139 Å². The molecule has 3 aliphatic heterocycles. The van der Waals surface area contributed by atoms with Gasteiger partial charge in [0.15, 0.2) is 0 Å². The van der Waals surface area contributed by atoms with Crippen LogP contribution >= 0.6 is 0 Å². The van der Waals surface area contributed by atoms with Gasteiger partial charge < -0.3 is 9.80 Å². The van der Waals surface area contributed by atoms with Crippen LogP contribution in [0.15, 0.2) is 24.3 Å². The van der Waals surface area contributed by atoms with Gasteiger partial charge in [-0.3, -0.25) is 9.69 Å². The topological polar surface area (TPSA) is 26.8 Å². The molecule has 3 heterocycles. The van der Waals surface area contributed by atoms with Crippen molar-refractivity contribution in [1.82, 2.24) is 9.80 Å². The Kier molecular flexibility index (Phi) is 4.25. The van der Waals surface area contributed by atoms with E-state index in [1.165, 1.54) is 50.0 Å². The summed E-state index contributed by atoms with van der Waals surface area (Å²) >= 11 is 0. The molecule has 3 saturated heterocycles. The lowest BCUT2D eigenvalue weighted by Gasteiger charge is -2.44. The molecule has 0 saturated carbocycles. The molecule has 0 atom stereocenters. The first kappa shape index (κ1) is 15.0. The van der Waals surface area contributed by atoms with Crippen molar-refractivity contribution in [2.45, 2.75) is 38.1 Å². The Bertz CT molecular complexity index is 555. The molecule has 23 heavy (non-hydrogen) atoms. The van der Waals surface area contributed by atoms with E-state index in [9.17, 15) is 4.79 Å². The largest absolute Gasteiger partial charge is 0.371 e. The Morgan fingerprint density at radius 3 is 2.35 bits per heavy atom. The quantitative estimate of drug-likeness (QED) is 0.852.